The van der Waals surface area contributed by atoms with Crippen LogP contribution >= 0.6 is 15.9 Å². The van der Waals surface area contributed by atoms with E-state index in [0.29, 0.717) is 17.0 Å². The average Bonchev–Trinajstić information content (AvgIpc) is 3.14. The Hall–Kier alpha value is -4.79. The Morgan fingerprint density at radius 1 is 1.11 bits per heavy atom. The molecule has 44 heavy (non-hydrogen) atoms. The normalized spacial score (nSPS) is 16.1. The van der Waals surface area contributed by atoms with Gasteiger partial charge < -0.3 is 25.6 Å². The lowest BCUT2D eigenvalue weighted by molar-refractivity contribution is -0.133. The van der Waals surface area contributed by atoms with Gasteiger partial charge in [0, 0.05) is 22.1 Å². The summed E-state index contributed by atoms with van der Waals surface area (Å²) in [7, 11) is 3.06. The molecule has 3 N–H and O–H groups in total. The maximum Gasteiger partial charge on any atom is 0.258 e. The lowest BCUT2D eigenvalue weighted by atomic mass is 9.83. The van der Waals surface area contributed by atoms with Crippen molar-refractivity contribution >= 4 is 55.8 Å². The topological polar surface area (TPSA) is 129 Å². The molecule has 0 spiro atoms. The highest BCUT2D eigenvalue weighted by Crippen LogP contribution is 2.41. The van der Waals surface area contributed by atoms with Crippen LogP contribution in [0.4, 0.5) is 15.8 Å². The molecule has 0 radical (unpaired) electrons. The number of nitrogens with zero attached hydrogens (tertiary/aromatic N) is 3. The summed E-state index contributed by atoms with van der Waals surface area (Å²) in [6.45, 7) is 1.27. The van der Waals surface area contributed by atoms with Crippen molar-refractivity contribution in [2.45, 2.75) is 19.0 Å². The third kappa shape index (κ3) is 5.38. The third-order valence-corrected chi connectivity index (χ3v) is 8.76. The van der Waals surface area contributed by atoms with Crippen molar-refractivity contribution in [2.75, 3.05) is 30.5 Å². The summed E-state index contributed by atoms with van der Waals surface area (Å²) < 4.78 is 20.4. The fourth-order valence-electron chi connectivity index (χ4n) is 5.56. The minimum atomic E-state index is -1.58. The van der Waals surface area contributed by atoms with Gasteiger partial charge in [-0.1, -0.05) is 28.1 Å². The molecule has 4 aromatic carbocycles. The van der Waals surface area contributed by atoms with E-state index in [2.05, 4.69) is 27.3 Å². The summed E-state index contributed by atoms with van der Waals surface area (Å²) in [5.74, 6) is -2.95. The molecule has 11 heteroatoms. The highest BCUT2D eigenvalue weighted by molar-refractivity contribution is 9.10. The second-order valence-corrected chi connectivity index (χ2v) is 11.6. The molecule has 1 heterocycles. The van der Waals surface area contributed by atoms with Gasteiger partial charge in [0.15, 0.2) is 0 Å². The zero-order valence-electron chi connectivity index (χ0n) is 24.2. The standard InChI is InChI=1S/C33H29BrFN5O4/c1-33(38-2,32(37)43)26-18-40(30(41)20-5-9-23(35)10-6-20)28-14-19(16-36)4-12-27(28)39(31(26)42)17-25-24-11-8-22(34)15-21(24)7-13-29(25)44-3/h4-15,26,38H,17-18H2,1-3H3,(H2,37,43)/t26-,33?/m1/s1. The molecule has 224 valence electrons. The predicted molar refractivity (Wildman–Crippen MR) is 169 cm³/mol. The van der Waals surface area contributed by atoms with Gasteiger partial charge >= 0.3 is 0 Å². The van der Waals surface area contributed by atoms with Crippen LogP contribution in [-0.4, -0.2) is 44.0 Å². The van der Waals surface area contributed by atoms with Gasteiger partial charge in [0.05, 0.1) is 42.6 Å². The number of carbonyl (C=O) groups is 3. The van der Waals surface area contributed by atoms with Crippen LogP contribution in [-0.2, 0) is 16.1 Å². The number of carbonyl (C=O) groups excluding carboxylic acids is 3. The zero-order chi connectivity index (χ0) is 31.8. The number of ether oxygens (including phenoxy) is 1. The van der Waals surface area contributed by atoms with Gasteiger partial charge in [0.1, 0.15) is 17.1 Å². The number of anilines is 2. The minimum absolute atomic E-state index is 0.00745. The lowest BCUT2D eigenvalue weighted by Gasteiger charge is -2.36. The van der Waals surface area contributed by atoms with E-state index < -0.39 is 35.0 Å². The van der Waals surface area contributed by atoms with Crippen LogP contribution in [0.1, 0.15) is 28.4 Å². The van der Waals surface area contributed by atoms with Crippen molar-refractivity contribution in [3.8, 4) is 11.8 Å². The Balaban J connectivity index is 1.77. The van der Waals surface area contributed by atoms with Gasteiger partial charge in [-0.3, -0.25) is 14.4 Å². The summed E-state index contributed by atoms with van der Waals surface area (Å²) >= 11 is 3.51. The van der Waals surface area contributed by atoms with E-state index in [-0.39, 0.29) is 29.9 Å². The number of nitrogens with one attached hydrogen (secondary N) is 1. The third-order valence-electron chi connectivity index (χ3n) is 8.27. The summed E-state index contributed by atoms with van der Waals surface area (Å²) in [6, 6.07) is 21.3. The van der Waals surface area contributed by atoms with Gasteiger partial charge in [0.25, 0.3) is 5.91 Å². The molecule has 3 amide bonds. The predicted octanol–water partition coefficient (Wildman–Crippen LogP) is 4.89. The minimum Gasteiger partial charge on any atom is -0.496 e. The van der Waals surface area contributed by atoms with Crippen molar-refractivity contribution in [1.29, 1.82) is 5.26 Å². The fraction of sp³-hybridized carbons (Fsp3) is 0.212. The van der Waals surface area contributed by atoms with Crippen LogP contribution in [0.2, 0.25) is 0 Å². The van der Waals surface area contributed by atoms with Crippen molar-refractivity contribution < 1.29 is 23.5 Å². The number of rotatable bonds is 7. The molecule has 0 bridgehead atoms. The van der Waals surface area contributed by atoms with Crippen LogP contribution in [0.15, 0.2) is 77.3 Å². The molecule has 4 aromatic rings. The molecule has 0 saturated carbocycles. The first-order valence-corrected chi connectivity index (χ1v) is 14.5. The maximum absolute atomic E-state index is 14.7. The largest absolute Gasteiger partial charge is 0.496 e. The number of primary amides is 1. The first-order chi connectivity index (χ1) is 21.0. The van der Waals surface area contributed by atoms with Gasteiger partial charge in [-0.25, -0.2) is 4.39 Å². The Bertz CT molecular complexity index is 1840. The molecule has 0 saturated heterocycles. The summed E-state index contributed by atoms with van der Waals surface area (Å²) in [5, 5.41) is 14.4. The summed E-state index contributed by atoms with van der Waals surface area (Å²) in [6.07, 6.45) is 0. The molecule has 5 rings (SSSR count). The van der Waals surface area contributed by atoms with E-state index in [4.69, 9.17) is 10.5 Å². The Morgan fingerprint density at radius 2 is 1.84 bits per heavy atom. The van der Waals surface area contributed by atoms with E-state index in [9.17, 15) is 24.0 Å². The second kappa shape index (κ2) is 12.1. The molecule has 0 aliphatic carbocycles. The van der Waals surface area contributed by atoms with Crippen LogP contribution in [0.3, 0.4) is 0 Å². The number of benzene rings is 4. The lowest BCUT2D eigenvalue weighted by Crippen LogP contribution is -2.63. The quantitative estimate of drug-likeness (QED) is 0.291. The average molecular weight is 659 g/mol. The Labute approximate surface area is 262 Å². The second-order valence-electron chi connectivity index (χ2n) is 10.6. The Kier molecular flexibility index (Phi) is 8.41. The highest BCUT2D eigenvalue weighted by atomic mass is 79.9. The molecule has 0 aromatic heterocycles. The summed E-state index contributed by atoms with van der Waals surface area (Å²) in [5.41, 5.74) is 6.02. The number of nitrogens with two attached hydrogens (primary N) is 1. The molecular formula is C33H29BrFN5O4. The van der Waals surface area contributed by atoms with Crippen molar-refractivity contribution in [2.24, 2.45) is 11.7 Å². The van der Waals surface area contributed by atoms with Gasteiger partial charge in [-0.2, -0.15) is 5.26 Å². The molecule has 1 aliphatic heterocycles. The van der Waals surface area contributed by atoms with E-state index in [1.807, 2.05) is 30.3 Å². The molecule has 0 fully saturated rings. The number of fused-ring (bicyclic) bond motifs is 2. The fourth-order valence-corrected chi connectivity index (χ4v) is 5.94. The number of methoxy groups -OCH3 is 1. The Morgan fingerprint density at radius 3 is 2.48 bits per heavy atom. The van der Waals surface area contributed by atoms with Gasteiger partial charge in [0.2, 0.25) is 11.8 Å². The number of likely N-dealkylation sites (N-methyl/N-ethyl adjacent to an activating group) is 1. The SMILES string of the molecule is CNC(C)(C(N)=O)[C@@H]1CN(C(=O)c2ccc(F)cc2)c2cc(C#N)ccc2N(Cc2c(OC)ccc3cc(Br)ccc23)C1=O. The molecule has 1 unspecified atom stereocenters. The molecule has 2 atom stereocenters. The number of hydrogen-bond acceptors (Lipinski definition) is 6. The van der Waals surface area contributed by atoms with Crippen LogP contribution in [0, 0.1) is 23.1 Å². The maximum atomic E-state index is 14.7. The van der Waals surface area contributed by atoms with Crippen molar-refractivity contribution in [3.05, 3.63) is 99.8 Å². The number of hydrogen-bond donors (Lipinski definition) is 2. The highest BCUT2D eigenvalue weighted by Gasteiger charge is 2.49. The van der Waals surface area contributed by atoms with E-state index in [1.165, 1.54) is 61.2 Å². The number of amides is 3. The van der Waals surface area contributed by atoms with E-state index in [0.717, 1.165) is 15.2 Å². The molecular weight excluding hydrogens is 629 g/mol. The molecule has 9 nitrogen and oxygen atoms in total. The van der Waals surface area contributed by atoms with Gasteiger partial charge in [-0.05, 0) is 85.4 Å². The van der Waals surface area contributed by atoms with Crippen LogP contribution in [0.5, 0.6) is 5.75 Å². The first kappa shape index (κ1) is 30.7. The smallest absolute Gasteiger partial charge is 0.258 e. The van der Waals surface area contributed by atoms with Crippen LogP contribution < -0.4 is 25.6 Å². The zero-order valence-corrected chi connectivity index (χ0v) is 25.8. The van der Waals surface area contributed by atoms with Crippen LogP contribution in [0.25, 0.3) is 10.8 Å². The monoisotopic (exact) mass is 657 g/mol. The van der Waals surface area contributed by atoms with E-state index >= 15 is 0 Å². The number of halogens is 2. The first-order valence-electron chi connectivity index (χ1n) is 13.7. The molecule has 1 aliphatic rings. The van der Waals surface area contributed by atoms with Crippen molar-refractivity contribution in [1.82, 2.24) is 5.32 Å². The van der Waals surface area contributed by atoms with Gasteiger partial charge in [-0.15, -0.1) is 0 Å². The van der Waals surface area contributed by atoms with E-state index in [1.54, 1.807) is 12.1 Å². The van der Waals surface area contributed by atoms with Crippen molar-refractivity contribution in [3.63, 3.8) is 0 Å². The summed E-state index contributed by atoms with van der Waals surface area (Å²) in [4.78, 5) is 44.5. The number of nitriles is 1.